The molecule has 20 heteroatoms. The molecule has 6 N–H and O–H groups in total. The van der Waals surface area contributed by atoms with Crippen molar-refractivity contribution in [1.82, 2.24) is 9.96 Å². The molecule has 0 bridgehead atoms. The molecule has 252 valence electrons. The van der Waals surface area contributed by atoms with Crippen molar-refractivity contribution in [2.45, 2.75) is 41.7 Å². The number of aliphatic hydroxyl groups excluding tert-OH is 1. The third-order valence-electron chi connectivity index (χ3n) is 7.98. The summed E-state index contributed by atoms with van der Waals surface area (Å²) in [5, 5.41) is 22.7. The normalized spacial score (nSPS) is 19.9. The Bertz CT molecular complexity index is 1650. The number of fused-ring (bicyclic) bond motifs is 1. The molecule has 0 aromatic heterocycles. The molecule has 2 aliphatic heterocycles. The fraction of sp³-hybridized carbons (Fsp3) is 0.370. The molecular weight excluding hydrogens is 680 g/mol. The number of hydrogen-bond donors (Lipinski definition) is 6. The Morgan fingerprint density at radius 1 is 1.11 bits per heavy atom. The number of aliphatic hydroxyl groups is 1. The molecule has 4 rings (SSSR count). The van der Waals surface area contributed by atoms with Crippen LogP contribution in [-0.2, 0) is 28.3 Å². The summed E-state index contributed by atoms with van der Waals surface area (Å²) in [4.78, 5) is 79.8. The number of thioether (sulfide) groups is 1. The first-order chi connectivity index (χ1) is 22.0. The lowest BCUT2D eigenvalue weighted by Gasteiger charge is -2.54. The number of benzene rings is 2. The van der Waals surface area contributed by atoms with Gasteiger partial charge in [0, 0.05) is 17.2 Å². The van der Waals surface area contributed by atoms with E-state index >= 15 is 0 Å². The van der Waals surface area contributed by atoms with E-state index in [0.717, 1.165) is 16.7 Å². The van der Waals surface area contributed by atoms with Crippen molar-refractivity contribution >= 4 is 44.7 Å². The zero-order chi connectivity index (χ0) is 34.8. The molecule has 17 nitrogen and oxygen atoms in total. The maximum Gasteiger partial charge on any atom is 0.356 e. The van der Waals surface area contributed by atoms with Gasteiger partial charge >= 0.3 is 21.2 Å². The number of rotatable bonds is 13. The van der Waals surface area contributed by atoms with Crippen LogP contribution in [0.1, 0.15) is 37.0 Å². The Morgan fingerprint density at radius 3 is 2.11 bits per heavy atom. The van der Waals surface area contributed by atoms with E-state index in [-0.39, 0.29) is 22.1 Å². The van der Waals surface area contributed by atoms with E-state index in [2.05, 4.69) is 10.0 Å². The first kappa shape index (κ1) is 36.3. The highest BCUT2D eigenvalue weighted by molar-refractivity contribution is 8.00. The molecule has 2 aromatic rings. The molecule has 2 amide bonds. The molecule has 2 aromatic carbocycles. The number of hydrogen-bond acceptors (Lipinski definition) is 10. The van der Waals surface area contributed by atoms with E-state index in [1.54, 1.807) is 60.7 Å². The number of carbonyl (C=O) groups is 3. The Kier molecular flexibility index (Phi) is 10.7. The predicted molar refractivity (Wildman–Crippen MR) is 165 cm³/mol. The third-order valence-corrected chi connectivity index (χ3v) is 13.9. The summed E-state index contributed by atoms with van der Waals surface area (Å²) in [5.74, 6) is -3.81. The van der Waals surface area contributed by atoms with Gasteiger partial charge in [-0.15, -0.1) is 11.8 Å². The molecule has 47 heavy (non-hydrogen) atoms. The molecule has 2 atom stereocenters. The van der Waals surface area contributed by atoms with Crippen LogP contribution in [0.15, 0.2) is 77.0 Å². The number of carbonyl (C=O) groups excluding carboxylic acids is 3. The van der Waals surface area contributed by atoms with Crippen LogP contribution in [0.2, 0.25) is 0 Å². The second-order valence-corrected chi connectivity index (χ2v) is 16.4. The van der Waals surface area contributed by atoms with Gasteiger partial charge in [-0.25, -0.2) is 9.86 Å². The number of nitrogens with zero attached hydrogens (tertiary/aromatic N) is 5. The first-order valence-electron chi connectivity index (χ1n) is 13.8. The van der Waals surface area contributed by atoms with E-state index in [1.807, 2.05) is 0 Å². The summed E-state index contributed by atoms with van der Waals surface area (Å²) >= 11 is 0.860. The Hall–Kier alpha value is -3.53. The molecule has 0 saturated carbocycles. The summed E-state index contributed by atoms with van der Waals surface area (Å²) in [5.41, 5.74) is 7.60. The lowest BCUT2D eigenvalue weighted by atomic mass is 9.85. The van der Waals surface area contributed by atoms with Crippen LogP contribution in [0.25, 0.3) is 10.4 Å². The van der Waals surface area contributed by atoms with E-state index in [0.29, 0.717) is 18.1 Å². The van der Waals surface area contributed by atoms with Gasteiger partial charge in [0.25, 0.3) is 11.8 Å². The zero-order valence-corrected chi connectivity index (χ0v) is 27.2. The molecule has 0 spiro atoms. The smallest absolute Gasteiger partial charge is 0.356 e. The van der Waals surface area contributed by atoms with Crippen LogP contribution in [0, 0.1) is 0 Å². The van der Waals surface area contributed by atoms with Gasteiger partial charge in [0.1, 0.15) is 11.1 Å². The molecule has 2 heterocycles. The highest BCUT2D eigenvalue weighted by Gasteiger charge is 2.70. The number of azide groups is 1. The van der Waals surface area contributed by atoms with E-state index in [1.165, 1.54) is 0 Å². The van der Waals surface area contributed by atoms with Crippen molar-refractivity contribution in [3.8, 4) is 0 Å². The average Bonchev–Trinajstić information content (AvgIpc) is 3.04. The number of esters is 1. The topological polar surface area (TPSA) is 271 Å². The van der Waals surface area contributed by atoms with Gasteiger partial charge in [-0.2, -0.15) is 0 Å². The maximum absolute atomic E-state index is 13.8. The minimum absolute atomic E-state index is 0.0473. The van der Waals surface area contributed by atoms with Crippen molar-refractivity contribution in [3.63, 3.8) is 0 Å². The molecule has 1 fully saturated rings. The Morgan fingerprint density at radius 2 is 1.64 bits per heavy atom. The summed E-state index contributed by atoms with van der Waals surface area (Å²) in [6.07, 6.45) is -2.34. The van der Waals surface area contributed by atoms with Crippen LogP contribution < -0.4 is 0 Å². The van der Waals surface area contributed by atoms with Crippen LogP contribution in [0.3, 0.4) is 0 Å². The predicted octanol–water partition coefficient (Wildman–Crippen LogP) is 2.60. The van der Waals surface area contributed by atoms with Crippen molar-refractivity contribution in [1.29, 1.82) is 0 Å². The molecule has 1 saturated heterocycles. The van der Waals surface area contributed by atoms with Crippen molar-refractivity contribution in [2.75, 3.05) is 18.9 Å². The quantitative estimate of drug-likeness (QED) is 0.0201. The SMILES string of the molecule is CC(CCCN(O)C(=O)C1(N=[N+]=[N-])C(=O)N2C(C(=O)OC(c3ccccc3)c3ccccc3)=C(CO)CSC21)(P(=O)(O)O)P(=O)(O)O. The van der Waals surface area contributed by atoms with Gasteiger partial charge in [0.15, 0.2) is 11.0 Å². The minimum Gasteiger partial charge on any atom is -0.448 e. The minimum atomic E-state index is -5.38. The van der Waals surface area contributed by atoms with Crippen molar-refractivity contribution in [2.24, 2.45) is 5.11 Å². The lowest BCUT2D eigenvalue weighted by molar-refractivity contribution is -0.185. The molecule has 0 radical (unpaired) electrons. The second kappa shape index (κ2) is 13.9. The molecule has 2 aliphatic rings. The standard InChI is InChI=1S/C27H31N5O12P2S/c1-26(45(38,39)40,46(41,42)43)13-8-14-31(37)23(35)27(29-30-28)24(36)32-20(19(15-33)16-47-25(27)32)22(34)44-21(17-9-4-2-5-10-17)18-11-6-3-7-12-18/h2-7,9-12,21,25,33,37H,8,13-16H2,1H3,(H2,38,39,40)(H2,41,42,43). The highest BCUT2D eigenvalue weighted by Crippen LogP contribution is 2.70. The number of β-lactam (4-membered cyclic amide) rings is 1. The number of hydroxylamine groups is 2. The molecule has 0 aliphatic carbocycles. The summed E-state index contributed by atoms with van der Waals surface area (Å²) in [7, 11) is -10.8. The summed E-state index contributed by atoms with van der Waals surface area (Å²) in [6.45, 7) is -0.774. The highest BCUT2D eigenvalue weighted by atomic mass is 32.2. The van der Waals surface area contributed by atoms with Gasteiger partial charge in [-0.3, -0.25) is 28.8 Å². The van der Waals surface area contributed by atoms with Gasteiger partial charge in [0.2, 0.25) is 5.54 Å². The van der Waals surface area contributed by atoms with Crippen molar-refractivity contribution < 1.29 is 58.1 Å². The Balaban J connectivity index is 1.60. The van der Waals surface area contributed by atoms with E-state index in [4.69, 9.17) is 4.74 Å². The van der Waals surface area contributed by atoms with Crippen LogP contribution in [0.4, 0.5) is 0 Å². The van der Waals surface area contributed by atoms with E-state index in [9.17, 15) is 58.9 Å². The van der Waals surface area contributed by atoms with Crippen LogP contribution in [0.5, 0.6) is 0 Å². The fourth-order valence-electron chi connectivity index (χ4n) is 5.18. The molecule has 2 unspecified atom stereocenters. The van der Waals surface area contributed by atoms with Crippen molar-refractivity contribution in [3.05, 3.63) is 93.5 Å². The molecular formula is C27H31N5O12P2S. The van der Waals surface area contributed by atoms with Gasteiger partial charge < -0.3 is 29.4 Å². The van der Waals surface area contributed by atoms with Gasteiger partial charge in [0.05, 0.1) is 6.61 Å². The lowest BCUT2D eigenvalue weighted by Crippen LogP contribution is -2.77. The summed E-state index contributed by atoms with van der Waals surface area (Å²) in [6, 6.07) is 17.4. The van der Waals surface area contributed by atoms with E-state index < -0.39 is 80.9 Å². The zero-order valence-electron chi connectivity index (χ0n) is 24.6. The maximum atomic E-state index is 13.8. The second-order valence-electron chi connectivity index (χ2n) is 10.8. The largest absolute Gasteiger partial charge is 0.448 e. The van der Waals surface area contributed by atoms with Crippen LogP contribution in [-0.4, -0.2) is 92.3 Å². The number of ether oxygens (including phenoxy) is 1. The van der Waals surface area contributed by atoms with Crippen LogP contribution >= 0.6 is 27.0 Å². The third kappa shape index (κ3) is 6.62. The van der Waals surface area contributed by atoms with Gasteiger partial charge in [-0.05, 0) is 42.0 Å². The fourth-order valence-corrected chi connectivity index (χ4v) is 8.87. The average molecular weight is 712 g/mol. The summed E-state index contributed by atoms with van der Waals surface area (Å²) < 4.78 is 29.6. The number of amides is 2. The monoisotopic (exact) mass is 711 g/mol. The first-order valence-corrected chi connectivity index (χ1v) is 18.1. The van der Waals surface area contributed by atoms with Gasteiger partial charge in [-0.1, -0.05) is 65.8 Å². The Labute approximate surface area is 271 Å².